The lowest BCUT2D eigenvalue weighted by Gasteiger charge is -2.43. The van der Waals surface area contributed by atoms with Gasteiger partial charge in [0.1, 0.15) is 11.5 Å². The summed E-state index contributed by atoms with van der Waals surface area (Å²) in [5, 5.41) is 17.7. The average Bonchev–Trinajstić information content (AvgIpc) is 3.37. The number of hydrogen-bond donors (Lipinski definition) is 1. The Morgan fingerprint density at radius 3 is 2.56 bits per heavy atom. The molecule has 12 heteroatoms. The number of aromatic nitrogens is 3. The summed E-state index contributed by atoms with van der Waals surface area (Å²) in [6.45, 7) is 6.20. The van der Waals surface area contributed by atoms with Crippen molar-refractivity contribution in [2.75, 3.05) is 45.9 Å². The lowest BCUT2D eigenvalue weighted by molar-refractivity contribution is -0.142. The number of benzene rings is 1. The number of halogens is 1. The van der Waals surface area contributed by atoms with Crippen LogP contribution in [0.3, 0.4) is 0 Å². The average molecular weight is 503 g/mol. The van der Waals surface area contributed by atoms with Gasteiger partial charge in [0.15, 0.2) is 5.69 Å². The maximum atomic E-state index is 14.2. The summed E-state index contributed by atoms with van der Waals surface area (Å²) < 4.78 is 20.7. The van der Waals surface area contributed by atoms with Gasteiger partial charge in [0.05, 0.1) is 31.4 Å². The van der Waals surface area contributed by atoms with Crippen LogP contribution in [0.1, 0.15) is 30.8 Å². The van der Waals surface area contributed by atoms with Gasteiger partial charge in [-0.3, -0.25) is 9.59 Å². The van der Waals surface area contributed by atoms with Crippen molar-refractivity contribution in [3.8, 4) is 5.69 Å². The zero-order valence-corrected chi connectivity index (χ0v) is 20.4. The SMILES string of the molecule is CC(C)CN(C(=O)c1cn(-c2ccccc2F)nn1)[C@H]1C[C@@H](C(=O)N2CCOCC2)CN(C(=O)O)C1. The first-order valence-electron chi connectivity index (χ1n) is 12.1. The molecule has 2 aromatic rings. The summed E-state index contributed by atoms with van der Waals surface area (Å²) in [4.78, 5) is 43.3. The minimum Gasteiger partial charge on any atom is -0.465 e. The van der Waals surface area contributed by atoms with Crippen LogP contribution < -0.4 is 0 Å². The van der Waals surface area contributed by atoms with E-state index in [4.69, 9.17) is 4.74 Å². The molecule has 0 bridgehead atoms. The van der Waals surface area contributed by atoms with Crippen molar-refractivity contribution in [2.24, 2.45) is 11.8 Å². The van der Waals surface area contributed by atoms with E-state index in [1.54, 1.807) is 21.9 Å². The van der Waals surface area contributed by atoms with E-state index in [9.17, 15) is 23.9 Å². The Bertz CT molecular complexity index is 1100. The fraction of sp³-hybridized carbons (Fsp3) is 0.542. The highest BCUT2D eigenvalue weighted by molar-refractivity contribution is 5.92. The number of morpholine rings is 1. The summed E-state index contributed by atoms with van der Waals surface area (Å²) in [6.07, 6.45) is 0.559. The predicted octanol–water partition coefficient (Wildman–Crippen LogP) is 1.73. The number of likely N-dealkylation sites (tertiary alicyclic amines) is 1. The van der Waals surface area contributed by atoms with E-state index in [1.165, 1.54) is 27.9 Å². The third kappa shape index (κ3) is 5.64. The number of amides is 3. The fourth-order valence-corrected chi connectivity index (χ4v) is 4.73. The molecule has 4 rings (SSSR count). The highest BCUT2D eigenvalue weighted by atomic mass is 19.1. The third-order valence-corrected chi connectivity index (χ3v) is 6.45. The first kappa shape index (κ1) is 25.5. The third-order valence-electron chi connectivity index (χ3n) is 6.45. The predicted molar refractivity (Wildman–Crippen MR) is 126 cm³/mol. The van der Waals surface area contributed by atoms with Crippen LogP contribution >= 0.6 is 0 Å². The summed E-state index contributed by atoms with van der Waals surface area (Å²) in [7, 11) is 0. The molecule has 11 nitrogen and oxygen atoms in total. The molecule has 3 amide bonds. The second-order valence-corrected chi connectivity index (χ2v) is 9.56. The van der Waals surface area contributed by atoms with Gasteiger partial charge in [-0.2, -0.15) is 0 Å². The van der Waals surface area contributed by atoms with Gasteiger partial charge < -0.3 is 24.5 Å². The molecule has 2 aliphatic heterocycles. The smallest absolute Gasteiger partial charge is 0.407 e. The second-order valence-electron chi connectivity index (χ2n) is 9.56. The van der Waals surface area contributed by atoms with Gasteiger partial charge in [-0.25, -0.2) is 13.9 Å². The number of piperidine rings is 1. The molecule has 1 aromatic carbocycles. The van der Waals surface area contributed by atoms with Crippen molar-refractivity contribution in [1.82, 2.24) is 29.7 Å². The molecule has 0 unspecified atom stereocenters. The van der Waals surface area contributed by atoms with Crippen LogP contribution in [0.5, 0.6) is 0 Å². The molecule has 2 atom stereocenters. The summed E-state index contributed by atoms with van der Waals surface area (Å²) >= 11 is 0. The topological polar surface area (TPSA) is 121 Å². The fourth-order valence-electron chi connectivity index (χ4n) is 4.73. The van der Waals surface area contributed by atoms with Gasteiger partial charge in [-0.15, -0.1) is 5.10 Å². The molecular weight excluding hydrogens is 471 g/mol. The van der Waals surface area contributed by atoms with Crippen molar-refractivity contribution in [2.45, 2.75) is 26.3 Å². The van der Waals surface area contributed by atoms with Gasteiger partial charge in [0.2, 0.25) is 5.91 Å². The Balaban J connectivity index is 1.59. The first-order valence-corrected chi connectivity index (χ1v) is 12.1. The van der Waals surface area contributed by atoms with E-state index in [0.29, 0.717) is 39.3 Å². The maximum absolute atomic E-state index is 14.2. The molecule has 0 saturated carbocycles. The number of para-hydroxylation sites is 1. The van der Waals surface area contributed by atoms with E-state index >= 15 is 0 Å². The van der Waals surface area contributed by atoms with Crippen LogP contribution in [0.25, 0.3) is 5.69 Å². The highest BCUT2D eigenvalue weighted by Gasteiger charge is 2.40. The molecule has 1 aromatic heterocycles. The Kier molecular flexibility index (Phi) is 7.82. The van der Waals surface area contributed by atoms with Crippen molar-refractivity contribution >= 4 is 17.9 Å². The minimum absolute atomic E-state index is 0.0161. The number of ether oxygens (including phenoxy) is 1. The maximum Gasteiger partial charge on any atom is 0.407 e. The summed E-state index contributed by atoms with van der Waals surface area (Å²) in [6, 6.07) is 5.49. The first-order chi connectivity index (χ1) is 17.2. The Labute approximate surface area is 208 Å². The van der Waals surface area contributed by atoms with E-state index in [2.05, 4.69) is 10.3 Å². The van der Waals surface area contributed by atoms with Crippen molar-refractivity contribution < 1.29 is 28.6 Å². The molecule has 0 aliphatic carbocycles. The van der Waals surface area contributed by atoms with Crippen LogP contribution in [0.15, 0.2) is 30.5 Å². The number of nitrogens with zero attached hydrogens (tertiary/aromatic N) is 6. The van der Waals surface area contributed by atoms with Gasteiger partial charge in [-0.1, -0.05) is 31.2 Å². The molecule has 0 radical (unpaired) electrons. The minimum atomic E-state index is -1.14. The van der Waals surface area contributed by atoms with Gasteiger partial charge >= 0.3 is 6.09 Å². The molecular formula is C24H31FN6O5. The van der Waals surface area contributed by atoms with E-state index < -0.39 is 29.8 Å². The monoisotopic (exact) mass is 502 g/mol. The molecule has 1 N–H and O–H groups in total. The molecule has 194 valence electrons. The standard InChI is InChI=1S/C24H31FN6O5/c1-16(2)12-30(23(33)20-15-31(27-26-20)21-6-4-3-5-19(21)25)18-11-17(13-29(14-18)24(34)35)22(32)28-7-9-36-10-8-28/h3-6,15-18H,7-14H2,1-2H3,(H,34,35)/t17-,18+/m1/s1. The van der Waals surface area contributed by atoms with Crippen molar-refractivity contribution in [1.29, 1.82) is 0 Å². The zero-order valence-electron chi connectivity index (χ0n) is 20.4. The lowest BCUT2D eigenvalue weighted by atomic mass is 9.91. The number of hydrogen-bond acceptors (Lipinski definition) is 6. The van der Waals surface area contributed by atoms with Crippen molar-refractivity contribution in [3.05, 3.63) is 42.0 Å². The Morgan fingerprint density at radius 1 is 1.17 bits per heavy atom. The molecule has 3 heterocycles. The van der Waals surface area contributed by atoms with Gasteiger partial charge in [0, 0.05) is 32.7 Å². The van der Waals surface area contributed by atoms with E-state index in [1.807, 2.05) is 13.8 Å². The molecule has 2 saturated heterocycles. The van der Waals surface area contributed by atoms with E-state index in [-0.39, 0.29) is 36.3 Å². The van der Waals surface area contributed by atoms with Crippen LogP contribution in [-0.4, -0.2) is 105 Å². The lowest BCUT2D eigenvalue weighted by Crippen LogP contribution is -2.58. The molecule has 2 aliphatic rings. The van der Waals surface area contributed by atoms with E-state index in [0.717, 1.165) is 0 Å². The van der Waals surface area contributed by atoms with Crippen LogP contribution in [0.2, 0.25) is 0 Å². The Hall–Kier alpha value is -3.54. The van der Waals surface area contributed by atoms with Crippen LogP contribution in [-0.2, 0) is 9.53 Å². The summed E-state index contributed by atoms with van der Waals surface area (Å²) in [5.41, 5.74) is 0.174. The zero-order chi connectivity index (χ0) is 25.8. The van der Waals surface area contributed by atoms with Crippen LogP contribution in [0, 0.1) is 17.7 Å². The largest absolute Gasteiger partial charge is 0.465 e. The highest BCUT2D eigenvalue weighted by Crippen LogP contribution is 2.26. The van der Waals surface area contributed by atoms with Gasteiger partial charge in [-0.05, 0) is 24.5 Å². The molecule has 0 spiro atoms. The number of carbonyl (C=O) groups is 3. The van der Waals surface area contributed by atoms with Gasteiger partial charge in [0.25, 0.3) is 5.91 Å². The number of rotatable bonds is 6. The second kappa shape index (κ2) is 11.0. The quantitative estimate of drug-likeness (QED) is 0.639. The van der Waals surface area contributed by atoms with Crippen molar-refractivity contribution in [3.63, 3.8) is 0 Å². The molecule has 36 heavy (non-hydrogen) atoms. The Morgan fingerprint density at radius 2 is 1.89 bits per heavy atom. The summed E-state index contributed by atoms with van der Waals surface area (Å²) in [5.74, 6) is -1.58. The number of carboxylic acid groups (broad SMARTS) is 1. The number of carbonyl (C=O) groups excluding carboxylic acids is 2. The molecule has 2 fully saturated rings. The normalized spacial score (nSPS) is 20.4. The van der Waals surface area contributed by atoms with Crippen LogP contribution in [0.4, 0.5) is 9.18 Å².